The summed E-state index contributed by atoms with van der Waals surface area (Å²) in [5.74, 6) is 1.86. The largest absolute Gasteiger partial charge is 0.494 e. The number of nitrogens with zero attached hydrogens (tertiary/aromatic N) is 3. The van der Waals surface area contributed by atoms with Crippen LogP contribution in [0.5, 0.6) is 5.75 Å². The van der Waals surface area contributed by atoms with Gasteiger partial charge in [0.05, 0.1) is 6.61 Å². The van der Waals surface area contributed by atoms with E-state index in [0.29, 0.717) is 12.0 Å². The molecule has 3 rings (SSSR count). The number of ether oxygens (including phenoxy) is 1. The van der Waals surface area contributed by atoms with Gasteiger partial charge in [0, 0.05) is 58.8 Å². The maximum absolute atomic E-state index is 11.5. The summed E-state index contributed by atoms with van der Waals surface area (Å²) in [6, 6.07) is 10.7. The molecular weight excluding hydrogens is 314 g/mol. The summed E-state index contributed by atoms with van der Waals surface area (Å²) in [6.45, 7) is 12.0. The van der Waals surface area contributed by atoms with Crippen LogP contribution in [0.25, 0.3) is 0 Å². The molecule has 0 radical (unpaired) electrons. The van der Waals surface area contributed by atoms with Crippen molar-refractivity contribution in [1.82, 2.24) is 14.7 Å². The second-order valence-corrected chi connectivity index (χ2v) is 7.36. The molecular formula is C20H31N3O2. The lowest BCUT2D eigenvalue weighted by molar-refractivity contribution is -0.130. The van der Waals surface area contributed by atoms with Crippen molar-refractivity contribution >= 4 is 5.91 Å². The van der Waals surface area contributed by atoms with Crippen LogP contribution in [-0.4, -0.2) is 79.1 Å². The molecule has 2 atom stereocenters. The van der Waals surface area contributed by atoms with Gasteiger partial charge in [-0.2, -0.15) is 0 Å². The van der Waals surface area contributed by atoms with Crippen LogP contribution in [0.3, 0.4) is 0 Å². The van der Waals surface area contributed by atoms with Gasteiger partial charge >= 0.3 is 0 Å². The van der Waals surface area contributed by atoms with Crippen LogP contribution < -0.4 is 4.74 Å². The molecule has 2 saturated heterocycles. The van der Waals surface area contributed by atoms with Crippen molar-refractivity contribution in [3.8, 4) is 5.75 Å². The van der Waals surface area contributed by atoms with Crippen LogP contribution in [0.15, 0.2) is 30.3 Å². The molecule has 0 spiro atoms. The second kappa shape index (κ2) is 8.68. The molecule has 0 aromatic heterocycles. The Bertz CT molecular complexity index is 543. The Morgan fingerprint density at radius 1 is 1.12 bits per heavy atom. The Morgan fingerprint density at radius 3 is 2.52 bits per heavy atom. The number of para-hydroxylation sites is 1. The van der Waals surface area contributed by atoms with Crippen molar-refractivity contribution in [2.75, 3.05) is 52.4 Å². The SMILES string of the molecule is CC(=O)N1CCN([C@H]2CN(CCCOc3ccccc3)C[C@@H]2C)CC1. The summed E-state index contributed by atoms with van der Waals surface area (Å²) >= 11 is 0. The lowest BCUT2D eigenvalue weighted by Crippen LogP contribution is -2.53. The van der Waals surface area contributed by atoms with Gasteiger partial charge in [-0.05, 0) is 24.5 Å². The van der Waals surface area contributed by atoms with Gasteiger partial charge in [-0.1, -0.05) is 25.1 Å². The second-order valence-electron chi connectivity index (χ2n) is 7.36. The van der Waals surface area contributed by atoms with Crippen molar-refractivity contribution < 1.29 is 9.53 Å². The predicted molar refractivity (Wildman–Crippen MR) is 99.8 cm³/mol. The summed E-state index contributed by atoms with van der Waals surface area (Å²) in [5.41, 5.74) is 0. The fourth-order valence-corrected chi connectivity index (χ4v) is 4.07. The van der Waals surface area contributed by atoms with Gasteiger partial charge in [0.15, 0.2) is 0 Å². The molecule has 2 heterocycles. The average molecular weight is 345 g/mol. The van der Waals surface area contributed by atoms with Crippen LogP contribution in [0.4, 0.5) is 0 Å². The normalized spacial score (nSPS) is 25.3. The number of benzene rings is 1. The molecule has 2 aliphatic heterocycles. The molecule has 2 aliphatic rings. The lowest BCUT2D eigenvalue weighted by Gasteiger charge is -2.39. The number of amides is 1. The third-order valence-electron chi connectivity index (χ3n) is 5.51. The molecule has 0 unspecified atom stereocenters. The van der Waals surface area contributed by atoms with Gasteiger partial charge < -0.3 is 14.5 Å². The van der Waals surface area contributed by atoms with Gasteiger partial charge in [-0.15, -0.1) is 0 Å². The quantitative estimate of drug-likeness (QED) is 0.738. The van der Waals surface area contributed by atoms with Crippen LogP contribution in [-0.2, 0) is 4.79 Å². The fraction of sp³-hybridized carbons (Fsp3) is 0.650. The first-order valence-electron chi connectivity index (χ1n) is 9.53. The number of hydrogen-bond donors (Lipinski definition) is 0. The Hall–Kier alpha value is -1.59. The molecule has 0 N–H and O–H groups in total. The maximum atomic E-state index is 11.5. The predicted octanol–water partition coefficient (Wildman–Crippen LogP) is 1.94. The molecule has 2 fully saturated rings. The van der Waals surface area contributed by atoms with E-state index in [1.807, 2.05) is 35.2 Å². The van der Waals surface area contributed by atoms with Crippen LogP contribution in [0.2, 0.25) is 0 Å². The monoisotopic (exact) mass is 345 g/mol. The molecule has 1 aromatic rings. The van der Waals surface area contributed by atoms with Gasteiger partial charge in [0.25, 0.3) is 0 Å². The molecule has 0 saturated carbocycles. The molecule has 1 aromatic carbocycles. The molecule has 5 heteroatoms. The minimum Gasteiger partial charge on any atom is -0.494 e. The number of likely N-dealkylation sites (tertiary alicyclic amines) is 1. The Morgan fingerprint density at radius 2 is 1.84 bits per heavy atom. The standard InChI is InChI=1S/C20H31N3O2/c1-17-15-21(9-6-14-25-19-7-4-3-5-8-19)16-20(17)23-12-10-22(11-13-23)18(2)24/h3-5,7-8,17,20H,6,9-16H2,1-2H3/t17-,20-/m0/s1. The van der Waals surface area contributed by atoms with E-state index in [4.69, 9.17) is 4.74 Å². The molecule has 1 amide bonds. The third-order valence-corrected chi connectivity index (χ3v) is 5.51. The van der Waals surface area contributed by atoms with E-state index in [1.54, 1.807) is 6.92 Å². The highest BCUT2D eigenvalue weighted by Crippen LogP contribution is 2.23. The highest BCUT2D eigenvalue weighted by molar-refractivity contribution is 5.73. The minimum absolute atomic E-state index is 0.208. The van der Waals surface area contributed by atoms with E-state index in [1.165, 1.54) is 6.54 Å². The van der Waals surface area contributed by atoms with E-state index in [0.717, 1.165) is 58.0 Å². The van der Waals surface area contributed by atoms with Gasteiger partial charge in [0.2, 0.25) is 5.91 Å². The van der Waals surface area contributed by atoms with Crippen molar-refractivity contribution in [2.45, 2.75) is 26.3 Å². The highest BCUT2D eigenvalue weighted by atomic mass is 16.5. The maximum Gasteiger partial charge on any atom is 0.219 e. The zero-order valence-electron chi connectivity index (χ0n) is 15.6. The van der Waals surface area contributed by atoms with Crippen molar-refractivity contribution in [1.29, 1.82) is 0 Å². The summed E-state index contributed by atoms with van der Waals surface area (Å²) in [6.07, 6.45) is 1.06. The molecule has 25 heavy (non-hydrogen) atoms. The third kappa shape index (κ3) is 4.95. The fourth-order valence-electron chi connectivity index (χ4n) is 4.07. The Kier molecular flexibility index (Phi) is 6.32. The number of piperazine rings is 1. The minimum atomic E-state index is 0.208. The summed E-state index contributed by atoms with van der Waals surface area (Å²) in [4.78, 5) is 18.6. The van der Waals surface area contributed by atoms with Crippen molar-refractivity contribution in [3.63, 3.8) is 0 Å². The van der Waals surface area contributed by atoms with Gasteiger partial charge in [-0.25, -0.2) is 0 Å². The van der Waals surface area contributed by atoms with E-state index in [2.05, 4.69) is 16.7 Å². The van der Waals surface area contributed by atoms with Crippen LogP contribution in [0, 0.1) is 5.92 Å². The summed E-state index contributed by atoms with van der Waals surface area (Å²) < 4.78 is 5.80. The number of carbonyl (C=O) groups excluding carboxylic acids is 1. The van der Waals surface area contributed by atoms with Gasteiger partial charge in [-0.3, -0.25) is 9.69 Å². The Labute approximate surface area is 151 Å². The van der Waals surface area contributed by atoms with Crippen LogP contribution in [0.1, 0.15) is 20.3 Å². The van der Waals surface area contributed by atoms with E-state index >= 15 is 0 Å². The van der Waals surface area contributed by atoms with Gasteiger partial charge in [0.1, 0.15) is 5.75 Å². The zero-order chi connectivity index (χ0) is 17.6. The van der Waals surface area contributed by atoms with Crippen molar-refractivity contribution in [2.24, 2.45) is 5.92 Å². The number of rotatable bonds is 6. The van der Waals surface area contributed by atoms with Crippen molar-refractivity contribution in [3.05, 3.63) is 30.3 Å². The molecule has 0 aliphatic carbocycles. The Balaban J connectivity index is 1.37. The lowest BCUT2D eigenvalue weighted by atomic mass is 10.0. The first-order chi connectivity index (χ1) is 12.1. The average Bonchev–Trinajstić information content (AvgIpc) is 3.00. The van der Waals surface area contributed by atoms with E-state index < -0.39 is 0 Å². The van der Waals surface area contributed by atoms with Crippen LogP contribution >= 0.6 is 0 Å². The molecule has 138 valence electrons. The number of hydrogen-bond acceptors (Lipinski definition) is 4. The highest BCUT2D eigenvalue weighted by Gasteiger charge is 2.35. The molecule has 5 nitrogen and oxygen atoms in total. The molecule has 0 bridgehead atoms. The first kappa shape index (κ1) is 18.2. The smallest absolute Gasteiger partial charge is 0.219 e. The topological polar surface area (TPSA) is 36.0 Å². The summed E-state index contributed by atoms with van der Waals surface area (Å²) in [5, 5.41) is 0. The van der Waals surface area contributed by atoms with E-state index in [-0.39, 0.29) is 5.91 Å². The first-order valence-corrected chi connectivity index (χ1v) is 9.53. The zero-order valence-corrected chi connectivity index (χ0v) is 15.6. The van der Waals surface area contributed by atoms with E-state index in [9.17, 15) is 4.79 Å². The summed E-state index contributed by atoms with van der Waals surface area (Å²) in [7, 11) is 0. The number of carbonyl (C=O) groups is 1.